The number of rotatable bonds is 5. The third kappa shape index (κ3) is 3.67. The van der Waals surface area contributed by atoms with Crippen molar-refractivity contribution < 1.29 is 28.4 Å². The fourth-order valence-electron chi connectivity index (χ4n) is 6.51. The molecule has 1 spiro atoms. The molecule has 1 aromatic rings. The van der Waals surface area contributed by atoms with E-state index in [-0.39, 0.29) is 36.2 Å². The Bertz CT molecular complexity index is 866. The summed E-state index contributed by atoms with van der Waals surface area (Å²) in [6, 6.07) is 6.50. The number of nitrogens with one attached hydrogen (secondary N) is 1. The molecule has 1 amide bonds. The quantitative estimate of drug-likeness (QED) is 0.675. The summed E-state index contributed by atoms with van der Waals surface area (Å²) >= 11 is 0. The molecule has 4 saturated heterocycles. The molecule has 176 valence electrons. The molecule has 5 aliphatic rings. The van der Waals surface area contributed by atoms with E-state index in [1.165, 1.54) is 6.07 Å². The zero-order valence-electron chi connectivity index (χ0n) is 19.1. The molecule has 1 aliphatic carbocycles. The number of hydrogen-bond acceptors (Lipinski definition) is 5. The Labute approximate surface area is 189 Å². The van der Waals surface area contributed by atoms with Crippen LogP contribution in [0.3, 0.4) is 0 Å². The highest BCUT2D eigenvalue weighted by molar-refractivity contribution is 5.75. The first-order chi connectivity index (χ1) is 15.3. The SMILES string of the molecule is C[C@H]1[C@@H](CCC(=O)NCc2ccccc2F)O[C@@H]2O[C@]3(C)CC[C@H]4[C@H](C)CC[C@@H]1[C@@]24OO3. The molecule has 8 atom stereocenters. The van der Waals surface area contributed by atoms with Crippen molar-refractivity contribution in [2.24, 2.45) is 23.7 Å². The first kappa shape index (κ1) is 22.3. The molecular weight excluding hydrogens is 413 g/mol. The van der Waals surface area contributed by atoms with Crippen LogP contribution < -0.4 is 5.32 Å². The second-order valence-corrected chi connectivity index (χ2v) is 10.4. The lowest BCUT2D eigenvalue weighted by atomic mass is 9.57. The molecule has 6 nitrogen and oxygen atoms in total. The van der Waals surface area contributed by atoms with Gasteiger partial charge in [-0.05, 0) is 56.4 Å². The summed E-state index contributed by atoms with van der Waals surface area (Å²) in [5.41, 5.74) is -0.0860. The van der Waals surface area contributed by atoms with Crippen molar-refractivity contribution in [3.8, 4) is 0 Å². The summed E-state index contributed by atoms with van der Waals surface area (Å²) in [5.74, 6) is 0.140. The number of ether oxygens (including phenoxy) is 2. The van der Waals surface area contributed by atoms with Gasteiger partial charge in [0.2, 0.25) is 11.7 Å². The van der Waals surface area contributed by atoms with E-state index in [2.05, 4.69) is 19.2 Å². The third-order valence-electron chi connectivity index (χ3n) is 8.38. The molecule has 1 N–H and O–H groups in total. The van der Waals surface area contributed by atoms with Gasteiger partial charge in [-0.1, -0.05) is 32.0 Å². The van der Waals surface area contributed by atoms with Crippen LogP contribution in [0, 0.1) is 29.5 Å². The zero-order chi connectivity index (χ0) is 22.5. The van der Waals surface area contributed by atoms with E-state index >= 15 is 0 Å². The van der Waals surface area contributed by atoms with Gasteiger partial charge in [-0.25, -0.2) is 14.2 Å². The number of halogens is 1. The second kappa shape index (κ2) is 8.35. The van der Waals surface area contributed by atoms with Crippen LogP contribution in [0.4, 0.5) is 4.39 Å². The van der Waals surface area contributed by atoms with E-state index in [0.717, 1.165) is 25.7 Å². The zero-order valence-corrected chi connectivity index (χ0v) is 19.1. The summed E-state index contributed by atoms with van der Waals surface area (Å²) in [5, 5.41) is 2.83. The van der Waals surface area contributed by atoms with E-state index in [4.69, 9.17) is 19.2 Å². The average molecular weight is 448 g/mol. The maximum atomic E-state index is 13.8. The van der Waals surface area contributed by atoms with E-state index in [1.807, 2.05) is 6.92 Å². The van der Waals surface area contributed by atoms with Crippen molar-refractivity contribution in [3.05, 3.63) is 35.6 Å². The minimum Gasteiger partial charge on any atom is -0.352 e. The van der Waals surface area contributed by atoms with Gasteiger partial charge in [0.1, 0.15) is 5.82 Å². The fourth-order valence-corrected chi connectivity index (χ4v) is 6.51. The predicted octanol–water partition coefficient (Wildman–Crippen LogP) is 4.47. The molecular formula is C25H34FNO5. The molecule has 0 aromatic heterocycles. The van der Waals surface area contributed by atoms with Gasteiger partial charge in [-0.15, -0.1) is 0 Å². The molecule has 5 fully saturated rings. The minimum absolute atomic E-state index is 0.101. The summed E-state index contributed by atoms with van der Waals surface area (Å²) in [7, 11) is 0. The van der Waals surface area contributed by atoms with Crippen molar-refractivity contribution in [2.45, 2.75) is 89.6 Å². The molecule has 0 unspecified atom stereocenters. The van der Waals surface area contributed by atoms with Crippen LogP contribution in [-0.4, -0.2) is 29.7 Å². The average Bonchev–Trinajstić information content (AvgIpc) is 3.00. The van der Waals surface area contributed by atoms with E-state index in [9.17, 15) is 9.18 Å². The highest BCUT2D eigenvalue weighted by Crippen LogP contribution is 2.60. The maximum absolute atomic E-state index is 13.8. The largest absolute Gasteiger partial charge is 0.352 e. The standard InChI is InChI=1S/C25H34FNO5/c1-15-8-9-19-16(2)21(10-11-22(28)27-14-17-6-4-5-7-20(17)26)29-23-25(19)18(15)12-13-24(3,30-23)31-32-25/h4-7,15-16,18-19,21,23H,8-14H2,1-3H3,(H,27,28)/t15-,16-,18+,19+,21-,23-,24+,25-/m1/s1. The lowest BCUT2D eigenvalue weighted by Crippen LogP contribution is -2.70. The van der Waals surface area contributed by atoms with Crippen molar-refractivity contribution in [3.63, 3.8) is 0 Å². The normalized spacial score (nSPS) is 42.8. The number of benzene rings is 1. The van der Waals surface area contributed by atoms with Gasteiger partial charge < -0.3 is 14.8 Å². The van der Waals surface area contributed by atoms with Gasteiger partial charge in [0, 0.05) is 30.9 Å². The first-order valence-electron chi connectivity index (χ1n) is 12.0. The number of carbonyl (C=O) groups excluding carboxylic acids is 1. The van der Waals surface area contributed by atoms with Crippen LogP contribution in [0.2, 0.25) is 0 Å². The second-order valence-electron chi connectivity index (χ2n) is 10.4. The van der Waals surface area contributed by atoms with Crippen LogP contribution in [-0.2, 0) is 30.6 Å². The number of carbonyl (C=O) groups is 1. The molecule has 2 bridgehead atoms. The van der Waals surface area contributed by atoms with Gasteiger partial charge in [0.15, 0.2) is 11.9 Å². The molecule has 6 rings (SSSR count). The lowest BCUT2D eigenvalue weighted by molar-refractivity contribution is -0.571. The van der Waals surface area contributed by atoms with E-state index in [0.29, 0.717) is 30.2 Å². The fraction of sp³-hybridized carbons (Fsp3) is 0.720. The summed E-state index contributed by atoms with van der Waals surface area (Å²) in [4.78, 5) is 24.5. The van der Waals surface area contributed by atoms with Crippen molar-refractivity contribution >= 4 is 5.91 Å². The van der Waals surface area contributed by atoms with Gasteiger partial charge in [-0.3, -0.25) is 4.79 Å². The Morgan fingerprint density at radius 3 is 2.78 bits per heavy atom. The Morgan fingerprint density at radius 2 is 1.97 bits per heavy atom. The van der Waals surface area contributed by atoms with Gasteiger partial charge >= 0.3 is 0 Å². The van der Waals surface area contributed by atoms with Crippen molar-refractivity contribution in [2.75, 3.05) is 0 Å². The Kier molecular flexibility index (Phi) is 5.81. The van der Waals surface area contributed by atoms with Gasteiger partial charge in [0.05, 0.1) is 6.10 Å². The van der Waals surface area contributed by atoms with Crippen LogP contribution >= 0.6 is 0 Å². The minimum atomic E-state index is -0.792. The molecule has 1 aromatic carbocycles. The van der Waals surface area contributed by atoms with Crippen LogP contribution in [0.1, 0.15) is 64.9 Å². The number of amides is 1. The molecule has 32 heavy (non-hydrogen) atoms. The van der Waals surface area contributed by atoms with Crippen LogP contribution in [0.25, 0.3) is 0 Å². The Morgan fingerprint density at radius 1 is 1.16 bits per heavy atom. The van der Waals surface area contributed by atoms with E-state index < -0.39 is 17.7 Å². The highest BCUT2D eigenvalue weighted by atomic mass is 19.1. The number of hydrogen-bond donors (Lipinski definition) is 1. The monoisotopic (exact) mass is 447 g/mol. The maximum Gasteiger partial charge on any atom is 0.220 e. The molecule has 1 saturated carbocycles. The van der Waals surface area contributed by atoms with Gasteiger partial charge in [0.25, 0.3) is 0 Å². The highest BCUT2D eigenvalue weighted by Gasteiger charge is 2.69. The Hall–Kier alpha value is -1.54. The van der Waals surface area contributed by atoms with Crippen molar-refractivity contribution in [1.29, 1.82) is 0 Å². The Balaban J connectivity index is 1.26. The molecule has 4 aliphatic heterocycles. The van der Waals surface area contributed by atoms with Crippen molar-refractivity contribution in [1.82, 2.24) is 5.32 Å². The van der Waals surface area contributed by atoms with Crippen LogP contribution in [0.5, 0.6) is 0 Å². The van der Waals surface area contributed by atoms with Gasteiger partial charge in [-0.2, -0.15) is 0 Å². The lowest BCUT2D eigenvalue weighted by Gasteiger charge is -2.60. The molecule has 4 heterocycles. The summed E-state index contributed by atoms with van der Waals surface area (Å²) < 4.78 is 26.7. The molecule has 7 heteroatoms. The van der Waals surface area contributed by atoms with Crippen LogP contribution in [0.15, 0.2) is 24.3 Å². The smallest absolute Gasteiger partial charge is 0.220 e. The first-order valence-corrected chi connectivity index (χ1v) is 12.0. The third-order valence-corrected chi connectivity index (χ3v) is 8.38. The topological polar surface area (TPSA) is 66.0 Å². The number of fused-ring (bicyclic) bond motifs is 2. The molecule has 0 radical (unpaired) electrons. The summed E-state index contributed by atoms with van der Waals surface area (Å²) in [6.45, 7) is 6.61. The summed E-state index contributed by atoms with van der Waals surface area (Å²) in [6.07, 6.45) is 4.32. The van der Waals surface area contributed by atoms with E-state index in [1.54, 1.807) is 18.2 Å². The predicted molar refractivity (Wildman–Crippen MR) is 114 cm³/mol.